The minimum atomic E-state index is -1.50. The minimum Gasteiger partial charge on any atom is -0.328 e. The molecule has 7 rings (SSSR count). The average molecular weight is 858 g/mol. The number of pyridine rings is 4. The molecular formula is C40H38N8O6Zn2+4. The third-order valence-corrected chi connectivity index (χ3v) is 8.37. The van der Waals surface area contributed by atoms with Gasteiger partial charge < -0.3 is 10.4 Å². The van der Waals surface area contributed by atoms with Gasteiger partial charge >= 0.3 is 39.0 Å². The summed E-state index contributed by atoms with van der Waals surface area (Å²) in [6.07, 6.45) is 7.48. The molecular weight excluding hydrogens is 819 g/mol. The van der Waals surface area contributed by atoms with Gasteiger partial charge in [0, 0.05) is 64.1 Å². The van der Waals surface area contributed by atoms with Gasteiger partial charge in [-0.3, -0.25) is 29.7 Å². The van der Waals surface area contributed by atoms with Crippen LogP contribution >= 0.6 is 0 Å². The first-order chi connectivity index (χ1) is 26.3. The van der Waals surface area contributed by atoms with E-state index in [1.165, 1.54) is 32.7 Å². The van der Waals surface area contributed by atoms with Gasteiger partial charge in [-0.05, 0) is 81.2 Å². The van der Waals surface area contributed by atoms with Crippen LogP contribution in [0.15, 0.2) is 146 Å². The molecule has 0 saturated carbocycles. The van der Waals surface area contributed by atoms with Crippen molar-refractivity contribution in [1.29, 1.82) is 0 Å². The van der Waals surface area contributed by atoms with Gasteiger partial charge in [-0.1, -0.05) is 72.8 Å². The monoisotopic (exact) mass is 854 g/mol. The second kappa shape index (κ2) is 23.3. The Morgan fingerprint density at radius 1 is 0.411 bits per heavy atom. The van der Waals surface area contributed by atoms with Crippen molar-refractivity contribution < 1.29 is 59.5 Å². The predicted molar refractivity (Wildman–Crippen MR) is 202 cm³/mol. The standard InChI is InChI=1S/C40H36N6.2HNO3.2Zn/c1-2-18-36-35(17-1)39(29-45(25-31-13-5-9-21-41-31)26-32-14-6-10-22-42-32)37-19-3-4-20-38(37)40(36)30-46(27-33-15-7-11-23-43-33)28-34-16-8-12-24-44-34;2*2-1(3)4;;/h1-24H,25-30H2;2*(H,2,3,4);;/q;;;2*+2. The summed E-state index contributed by atoms with van der Waals surface area (Å²) < 4.78 is 0. The Hall–Kier alpha value is -5.65. The Morgan fingerprint density at radius 2 is 0.625 bits per heavy atom. The third-order valence-electron chi connectivity index (χ3n) is 8.37. The number of nitrogens with zero attached hydrogens (tertiary/aromatic N) is 8. The summed E-state index contributed by atoms with van der Waals surface area (Å²) in [5.41, 5.74) is 6.82. The van der Waals surface area contributed by atoms with Gasteiger partial charge in [-0.2, -0.15) is 0 Å². The molecule has 274 valence electrons. The largest absolute Gasteiger partial charge is 2.00 e. The van der Waals surface area contributed by atoms with E-state index in [0.717, 1.165) is 62.0 Å². The number of hydrogen-bond acceptors (Lipinski definition) is 10. The van der Waals surface area contributed by atoms with E-state index in [0.29, 0.717) is 0 Å². The fraction of sp³-hybridized carbons (Fsp3) is 0.150. The van der Waals surface area contributed by atoms with E-state index in [2.05, 4.69) is 127 Å². The molecule has 4 aromatic heterocycles. The molecule has 0 spiro atoms. The van der Waals surface area contributed by atoms with E-state index < -0.39 is 10.2 Å². The van der Waals surface area contributed by atoms with Crippen molar-refractivity contribution in [2.75, 3.05) is 0 Å². The van der Waals surface area contributed by atoms with Crippen molar-refractivity contribution in [2.45, 2.75) is 39.3 Å². The molecule has 7 aromatic rings. The molecule has 4 heterocycles. The molecule has 56 heavy (non-hydrogen) atoms. The summed E-state index contributed by atoms with van der Waals surface area (Å²) in [4.78, 5) is 40.3. The first kappa shape index (κ1) is 44.7. The van der Waals surface area contributed by atoms with Gasteiger partial charge in [0.1, 0.15) is 0 Å². The molecule has 0 fully saturated rings. The van der Waals surface area contributed by atoms with Crippen molar-refractivity contribution >= 4 is 21.5 Å². The van der Waals surface area contributed by atoms with E-state index in [1.807, 2.05) is 49.1 Å². The first-order valence-electron chi connectivity index (χ1n) is 16.9. The van der Waals surface area contributed by atoms with Gasteiger partial charge in [-0.25, -0.2) is 0 Å². The summed E-state index contributed by atoms with van der Waals surface area (Å²) in [5.74, 6) is 0. The molecule has 16 heteroatoms. The summed E-state index contributed by atoms with van der Waals surface area (Å²) in [5, 5.41) is 32.4. The van der Waals surface area contributed by atoms with Crippen molar-refractivity contribution in [1.82, 2.24) is 29.7 Å². The zero-order chi connectivity index (χ0) is 38.1. The summed E-state index contributed by atoms with van der Waals surface area (Å²) >= 11 is 0. The van der Waals surface area contributed by atoms with Crippen LogP contribution in [0.25, 0.3) is 21.5 Å². The van der Waals surface area contributed by atoms with Crippen LogP contribution in [0, 0.1) is 20.2 Å². The van der Waals surface area contributed by atoms with Crippen molar-refractivity contribution in [2.24, 2.45) is 0 Å². The van der Waals surface area contributed by atoms with Crippen LogP contribution in [0.3, 0.4) is 0 Å². The number of rotatable bonds is 12. The number of aromatic nitrogens is 4. The average Bonchev–Trinajstić information content (AvgIpc) is 3.17. The topological polar surface area (TPSA) is 185 Å². The van der Waals surface area contributed by atoms with E-state index >= 15 is 0 Å². The van der Waals surface area contributed by atoms with Crippen molar-refractivity contribution in [3.63, 3.8) is 0 Å². The summed E-state index contributed by atoms with van der Waals surface area (Å²) in [7, 11) is 0. The smallest absolute Gasteiger partial charge is 0.328 e. The molecule has 14 nitrogen and oxygen atoms in total. The maximum Gasteiger partial charge on any atom is 2.00 e. The van der Waals surface area contributed by atoms with Crippen molar-refractivity contribution in [3.05, 3.63) is 200 Å². The molecule has 0 aliphatic rings. The zero-order valence-corrected chi connectivity index (χ0v) is 36.6. The Morgan fingerprint density at radius 3 is 0.821 bits per heavy atom. The molecule has 2 N–H and O–H groups in total. The molecule has 0 aliphatic heterocycles. The first-order valence-corrected chi connectivity index (χ1v) is 16.9. The molecule has 0 bridgehead atoms. The minimum absolute atomic E-state index is 0. The van der Waals surface area contributed by atoms with Crippen LogP contribution in [0.2, 0.25) is 0 Å². The molecule has 0 saturated heterocycles. The van der Waals surface area contributed by atoms with Crippen LogP contribution in [-0.2, 0) is 78.2 Å². The molecule has 0 aliphatic carbocycles. The van der Waals surface area contributed by atoms with E-state index in [4.69, 9.17) is 30.6 Å². The maximum atomic E-state index is 8.36. The fourth-order valence-corrected chi connectivity index (χ4v) is 6.32. The van der Waals surface area contributed by atoms with Crippen LogP contribution in [-0.4, -0.2) is 50.3 Å². The number of benzene rings is 3. The van der Waals surface area contributed by atoms with Gasteiger partial charge in [0.05, 0.1) is 22.8 Å². The quantitative estimate of drug-likeness (QED) is 0.0543. The Balaban J connectivity index is 0.000000771. The van der Waals surface area contributed by atoms with Crippen LogP contribution in [0.5, 0.6) is 0 Å². The Labute approximate surface area is 348 Å². The number of hydrogen-bond donors (Lipinski definition) is 2. The normalized spacial score (nSPS) is 10.3. The van der Waals surface area contributed by atoms with E-state index in [9.17, 15) is 0 Å². The van der Waals surface area contributed by atoms with E-state index in [1.54, 1.807) is 0 Å². The van der Waals surface area contributed by atoms with Crippen molar-refractivity contribution in [3.8, 4) is 0 Å². The molecule has 3 aromatic carbocycles. The van der Waals surface area contributed by atoms with Crippen LogP contribution in [0.4, 0.5) is 0 Å². The molecule has 0 amide bonds. The van der Waals surface area contributed by atoms with Gasteiger partial charge in [0.15, 0.2) is 0 Å². The van der Waals surface area contributed by atoms with Crippen LogP contribution in [0.1, 0.15) is 33.9 Å². The van der Waals surface area contributed by atoms with Gasteiger partial charge in [0.2, 0.25) is 0 Å². The molecule has 0 unspecified atom stereocenters. The zero-order valence-electron chi connectivity index (χ0n) is 30.6. The third kappa shape index (κ3) is 13.9. The predicted octanol–water partition coefficient (Wildman–Crippen LogP) is 7.28. The number of fused-ring (bicyclic) bond motifs is 2. The molecule has 0 atom stereocenters. The van der Waals surface area contributed by atoms with E-state index in [-0.39, 0.29) is 39.0 Å². The molecule has 0 radical (unpaired) electrons. The van der Waals surface area contributed by atoms with Crippen LogP contribution < -0.4 is 0 Å². The Kier molecular flexibility index (Phi) is 18.6. The fourth-order valence-electron chi connectivity index (χ4n) is 6.32. The SMILES string of the molecule is O=[N+]([O-])O.O=[N+]([O-])O.[Zn+2].[Zn+2].c1ccc(CN(Cc2ccccn2)Cc2c3ccccc3c(CN(Cc3ccccn3)Cc3ccccn3)c3ccccc23)nc1. The van der Waals surface area contributed by atoms with Gasteiger partial charge in [-0.15, -0.1) is 20.2 Å². The Bertz CT molecular complexity index is 1940. The summed E-state index contributed by atoms with van der Waals surface area (Å²) in [6, 6.07) is 42.3. The second-order valence-electron chi connectivity index (χ2n) is 12.1. The summed E-state index contributed by atoms with van der Waals surface area (Å²) in [6.45, 7) is 4.43. The van der Waals surface area contributed by atoms with Gasteiger partial charge in [0.25, 0.3) is 10.2 Å². The maximum absolute atomic E-state index is 8.36. The second-order valence-corrected chi connectivity index (χ2v) is 12.1.